The largest absolute Gasteiger partial charge is 0.389 e. The van der Waals surface area contributed by atoms with Crippen LogP contribution in [-0.4, -0.2) is 23.8 Å². The van der Waals surface area contributed by atoms with Crippen molar-refractivity contribution in [2.45, 2.75) is 32.8 Å². The number of aliphatic hydroxyl groups is 1. The first-order chi connectivity index (χ1) is 5.44. The summed E-state index contributed by atoms with van der Waals surface area (Å²) in [5.74, 6) is 1.02. The first-order valence-electron chi connectivity index (χ1n) is 4.88. The third-order valence-electron chi connectivity index (χ3n) is 3.83. The molecule has 0 aromatic rings. The van der Waals surface area contributed by atoms with Crippen LogP contribution in [0.2, 0.25) is 0 Å². The standard InChI is InChI=1S/C10H19NO/c1-9(2)4-8(9)10(3,12)7-5-11-6-7/h7-8,11-12H,4-6H2,1-3H3. The van der Waals surface area contributed by atoms with E-state index in [-0.39, 0.29) is 0 Å². The minimum Gasteiger partial charge on any atom is -0.389 e. The van der Waals surface area contributed by atoms with Gasteiger partial charge in [-0.3, -0.25) is 0 Å². The van der Waals surface area contributed by atoms with Crippen LogP contribution < -0.4 is 5.32 Å². The Hall–Kier alpha value is -0.0800. The fourth-order valence-electron chi connectivity index (χ4n) is 2.45. The van der Waals surface area contributed by atoms with Crippen LogP contribution in [0, 0.1) is 17.3 Å². The molecule has 0 amide bonds. The average Bonchev–Trinajstić information content (AvgIpc) is 2.33. The van der Waals surface area contributed by atoms with E-state index in [4.69, 9.17) is 0 Å². The summed E-state index contributed by atoms with van der Waals surface area (Å²) in [7, 11) is 0. The minimum atomic E-state index is -0.422. The van der Waals surface area contributed by atoms with Crippen molar-refractivity contribution in [3.63, 3.8) is 0 Å². The summed E-state index contributed by atoms with van der Waals surface area (Å²) in [5.41, 5.74) is -0.0339. The van der Waals surface area contributed by atoms with Gasteiger partial charge in [0.05, 0.1) is 5.60 Å². The van der Waals surface area contributed by atoms with Crippen molar-refractivity contribution in [3.05, 3.63) is 0 Å². The lowest BCUT2D eigenvalue weighted by Gasteiger charge is -2.40. The van der Waals surface area contributed by atoms with Gasteiger partial charge in [-0.25, -0.2) is 0 Å². The van der Waals surface area contributed by atoms with Crippen molar-refractivity contribution >= 4 is 0 Å². The maximum Gasteiger partial charge on any atom is 0.0705 e. The molecule has 1 heterocycles. The molecule has 2 aliphatic rings. The highest BCUT2D eigenvalue weighted by atomic mass is 16.3. The Kier molecular flexibility index (Phi) is 1.59. The summed E-state index contributed by atoms with van der Waals surface area (Å²) < 4.78 is 0. The molecule has 0 bridgehead atoms. The van der Waals surface area contributed by atoms with Crippen LogP contribution in [0.3, 0.4) is 0 Å². The molecule has 12 heavy (non-hydrogen) atoms. The molecule has 1 saturated heterocycles. The molecular formula is C10H19NO. The van der Waals surface area contributed by atoms with E-state index < -0.39 is 5.60 Å². The maximum absolute atomic E-state index is 10.3. The van der Waals surface area contributed by atoms with Gasteiger partial charge in [-0.2, -0.15) is 0 Å². The predicted molar refractivity (Wildman–Crippen MR) is 48.9 cm³/mol. The molecule has 0 aromatic heterocycles. The quantitative estimate of drug-likeness (QED) is 0.646. The van der Waals surface area contributed by atoms with Gasteiger partial charge in [0, 0.05) is 19.0 Å². The summed E-state index contributed by atoms with van der Waals surface area (Å²) in [4.78, 5) is 0. The van der Waals surface area contributed by atoms with Gasteiger partial charge in [0.2, 0.25) is 0 Å². The van der Waals surface area contributed by atoms with Gasteiger partial charge in [-0.05, 0) is 24.7 Å². The van der Waals surface area contributed by atoms with Crippen LogP contribution in [0.4, 0.5) is 0 Å². The fraction of sp³-hybridized carbons (Fsp3) is 1.00. The van der Waals surface area contributed by atoms with Crippen molar-refractivity contribution in [1.29, 1.82) is 0 Å². The monoisotopic (exact) mass is 169 g/mol. The number of nitrogens with one attached hydrogen (secondary N) is 1. The van der Waals surface area contributed by atoms with Crippen molar-refractivity contribution < 1.29 is 5.11 Å². The van der Waals surface area contributed by atoms with Crippen LogP contribution in [-0.2, 0) is 0 Å². The predicted octanol–water partition coefficient (Wildman–Crippen LogP) is 1.00. The number of rotatable bonds is 2. The zero-order valence-electron chi connectivity index (χ0n) is 8.22. The Morgan fingerprint density at radius 3 is 2.17 bits per heavy atom. The Morgan fingerprint density at radius 1 is 1.42 bits per heavy atom. The first-order valence-corrected chi connectivity index (χ1v) is 4.88. The van der Waals surface area contributed by atoms with E-state index >= 15 is 0 Å². The molecule has 0 spiro atoms. The topological polar surface area (TPSA) is 32.3 Å². The van der Waals surface area contributed by atoms with Crippen molar-refractivity contribution in [3.8, 4) is 0 Å². The highest BCUT2D eigenvalue weighted by Crippen LogP contribution is 2.59. The molecule has 0 aromatic carbocycles. The number of hydrogen-bond acceptors (Lipinski definition) is 2. The minimum absolute atomic E-state index is 0.388. The third kappa shape index (κ3) is 1.09. The van der Waals surface area contributed by atoms with Crippen molar-refractivity contribution in [1.82, 2.24) is 5.32 Å². The summed E-state index contributed by atoms with van der Waals surface area (Å²) in [6.45, 7) is 8.51. The molecule has 1 aliphatic heterocycles. The van der Waals surface area contributed by atoms with Gasteiger partial charge < -0.3 is 10.4 Å². The molecule has 70 valence electrons. The second-order valence-corrected chi connectivity index (χ2v) is 5.33. The Balaban J connectivity index is 2.01. The zero-order chi connectivity index (χ0) is 8.98. The fourth-order valence-corrected chi connectivity index (χ4v) is 2.45. The summed E-state index contributed by atoms with van der Waals surface area (Å²) >= 11 is 0. The van der Waals surface area contributed by atoms with Gasteiger partial charge in [0.25, 0.3) is 0 Å². The van der Waals surface area contributed by atoms with E-state index in [1.54, 1.807) is 0 Å². The molecule has 0 radical (unpaired) electrons. The zero-order valence-corrected chi connectivity index (χ0v) is 8.22. The van der Waals surface area contributed by atoms with Crippen LogP contribution in [0.25, 0.3) is 0 Å². The SMILES string of the molecule is CC1(C)CC1C(C)(O)C1CNC1. The molecule has 2 heteroatoms. The van der Waals surface area contributed by atoms with Crippen molar-refractivity contribution in [2.24, 2.45) is 17.3 Å². The van der Waals surface area contributed by atoms with Gasteiger partial charge in [-0.15, -0.1) is 0 Å². The number of hydrogen-bond donors (Lipinski definition) is 2. The lowest BCUT2D eigenvalue weighted by molar-refractivity contribution is -0.0503. The smallest absolute Gasteiger partial charge is 0.0705 e. The lowest BCUT2D eigenvalue weighted by atomic mass is 9.78. The lowest BCUT2D eigenvalue weighted by Crippen LogP contribution is -2.56. The highest BCUT2D eigenvalue weighted by Gasteiger charge is 2.58. The summed E-state index contributed by atoms with van der Waals surface area (Å²) in [6.07, 6.45) is 1.19. The molecule has 2 atom stereocenters. The summed E-state index contributed by atoms with van der Waals surface area (Å²) in [6, 6.07) is 0. The summed E-state index contributed by atoms with van der Waals surface area (Å²) in [5, 5.41) is 13.5. The van der Waals surface area contributed by atoms with E-state index in [0.29, 0.717) is 17.3 Å². The van der Waals surface area contributed by atoms with E-state index in [1.807, 2.05) is 6.92 Å². The van der Waals surface area contributed by atoms with Crippen LogP contribution in [0.15, 0.2) is 0 Å². The second kappa shape index (κ2) is 2.24. The van der Waals surface area contributed by atoms with E-state index in [1.165, 1.54) is 6.42 Å². The highest BCUT2D eigenvalue weighted by molar-refractivity contribution is 5.09. The molecular weight excluding hydrogens is 150 g/mol. The maximum atomic E-state index is 10.3. The average molecular weight is 169 g/mol. The van der Waals surface area contributed by atoms with Crippen LogP contribution in [0.1, 0.15) is 27.2 Å². The molecule has 1 saturated carbocycles. The second-order valence-electron chi connectivity index (χ2n) is 5.33. The molecule has 2 rings (SSSR count). The van der Waals surface area contributed by atoms with Gasteiger partial charge >= 0.3 is 0 Å². The Bertz CT molecular complexity index is 194. The third-order valence-corrected chi connectivity index (χ3v) is 3.83. The normalized spacial score (nSPS) is 38.5. The molecule has 1 aliphatic carbocycles. The van der Waals surface area contributed by atoms with E-state index in [0.717, 1.165) is 13.1 Å². The Labute approximate surface area is 74.4 Å². The van der Waals surface area contributed by atoms with Gasteiger partial charge in [0.15, 0.2) is 0 Å². The van der Waals surface area contributed by atoms with Crippen molar-refractivity contribution in [2.75, 3.05) is 13.1 Å². The molecule has 2 N–H and O–H groups in total. The van der Waals surface area contributed by atoms with E-state index in [9.17, 15) is 5.11 Å². The molecule has 2 unspecified atom stereocenters. The van der Waals surface area contributed by atoms with Gasteiger partial charge in [-0.1, -0.05) is 13.8 Å². The molecule has 2 nitrogen and oxygen atoms in total. The first kappa shape index (κ1) is 8.52. The molecule has 2 fully saturated rings. The Morgan fingerprint density at radius 2 is 1.92 bits per heavy atom. The van der Waals surface area contributed by atoms with Crippen LogP contribution >= 0.6 is 0 Å². The van der Waals surface area contributed by atoms with Crippen LogP contribution in [0.5, 0.6) is 0 Å². The van der Waals surface area contributed by atoms with Gasteiger partial charge in [0.1, 0.15) is 0 Å². The van der Waals surface area contributed by atoms with E-state index in [2.05, 4.69) is 19.2 Å².